The normalized spacial score (nSPS) is 10.8. The largest absolute Gasteiger partial charge is 0.378 e. The molecular formula is C19H15ClFN5. The van der Waals surface area contributed by atoms with E-state index in [0.29, 0.717) is 12.2 Å². The number of imidazole rings is 1. The zero-order valence-corrected chi connectivity index (χ0v) is 14.4. The summed E-state index contributed by atoms with van der Waals surface area (Å²) in [7, 11) is 0. The van der Waals surface area contributed by atoms with Crippen molar-refractivity contribution in [3.8, 4) is 0 Å². The third-order valence-electron chi connectivity index (χ3n) is 3.95. The Hall–Kier alpha value is -3.12. The van der Waals surface area contributed by atoms with E-state index in [1.807, 2.05) is 24.3 Å². The van der Waals surface area contributed by atoms with Crippen LogP contribution in [0.1, 0.15) is 5.82 Å². The van der Waals surface area contributed by atoms with Gasteiger partial charge >= 0.3 is 0 Å². The highest BCUT2D eigenvalue weighted by Crippen LogP contribution is 2.29. The molecule has 2 aromatic heterocycles. The number of aromatic amines is 1. The van der Waals surface area contributed by atoms with Gasteiger partial charge in [-0.1, -0.05) is 11.6 Å². The first-order chi connectivity index (χ1) is 12.7. The third kappa shape index (κ3) is 3.45. The highest BCUT2D eigenvalue weighted by Gasteiger charge is 2.06. The maximum atomic E-state index is 13.4. The van der Waals surface area contributed by atoms with Gasteiger partial charge in [-0.15, -0.1) is 0 Å². The highest BCUT2D eigenvalue weighted by molar-refractivity contribution is 6.31. The van der Waals surface area contributed by atoms with Crippen molar-refractivity contribution in [3.63, 3.8) is 0 Å². The lowest BCUT2D eigenvalue weighted by atomic mass is 10.1. The van der Waals surface area contributed by atoms with Crippen molar-refractivity contribution in [2.75, 3.05) is 10.6 Å². The lowest BCUT2D eigenvalue weighted by molar-refractivity contribution is 0.628. The Bertz CT molecular complexity index is 1050. The maximum Gasteiger partial charge on any atom is 0.141 e. The predicted molar refractivity (Wildman–Crippen MR) is 102 cm³/mol. The van der Waals surface area contributed by atoms with E-state index in [1.54, 1.807) is 30.7 Å². The lowest BCUT2D eigenvalue weighted by Gasteiger charge is -2.12. The second-order valence-electron chi connectivity index (χ2n) is 5.73. The van der Waals surface area contributed by atoms with E-state index in [4.69, 9.17) is 11.6 Å². The van der Waals surface area contributed by atoms with Crippen molar-refractivity contribution in [2.45, 2.75) is 6.54 Å². The average molecular weight is 368 g/mol. The molecule has 0 bridgehead atoms. The quantitative estimate of drug-likeness (QED) is 0.459. The Morgan fingerprint density at radius 2 is 1.88 bits per heavy atom. The van der Waals surface area contributed by atoms with Gasteiger partial charge in [0.2, 0.25) is 0 Å². The van der Waals surface area contributed by atoms with Crippen molar-refractivity contribution >= 4 is 39.6 Å². The monoisotopic (exact) mass is 367 g/mol. The van der Waals surface area contributed by atoms with Crippen molar-refractivity contribution < 1.29 is 4.39 Å². The minimum Gasteiger partial charge on any atom is -0.378 e. The Morgan fingerprint density at radius 1 is 1.00 bits per heavy atom. The van der Waals surface area contributed by atoms with E-state index < -0.39 is 5.82 Å². The number of H-pyrrole nitrogens is 1. The van der Waals surface area contributed by atoms with Crippen molar-refractivity contribution in [3.05, 3.63) is 77.7 Å². The number of halogens is 2. The van der Waals surface area contributed by atoms with Crippen molar-refractivity contribution in [2.24, 2.45) is 0 Å². The first-order valence-electron chi connectivity index (χ1n) is 8.02. The second-order valence-corrected chi connectivity index (χ2v) is 6.14. The van der Waals surface area contributed by atoms with Crippen LogP contribution in [0, 0.1) is 5.82 Å². The topological polar surface area (TPSA) is 65.6 Å². The molecule has 0 aliphatic heterocycles. The molecule has 5 nitrogen and oxygen atoms in total. The number of rotatable bonds is 5. The summed E-state index contributed by atoms with van der Waals surface area (Å²) in [5.74, 6) is 0.414. The summed E-state index contributed by atoms with van der Waals surface area (Å²) in [4.78, 5) is 11.6. The molecule has 130 valence electrons. The molecule has 0 spiro atoms. The molecular weight excluding hydrogens is 353 g/mol. The molecule has 2 aromatic carbocycles. The summed E-state index contributed by atoms with van der Waals surface area (Å²) in [6, 6.07) is 12.3. The molecule has 4 rings (SSSR count). The van der Waals surface area contributed by atoms with E-state index >= 15 is 0 Å². The molecule has 0 unspecified atom stereocenters. The number of nitrogens with zero attached hydrogens (tertiary/aromatic N) is 2. The number of fused-ring (bicyclic) bond motifs is 1. The van der Waals surface area contributed by atoms with Crippen LogP contribution < -0.4 is 10.6 Å². The van der Waals surface area contributed by atoms with Crippen LogP contribution in [0.3, 0.4) is 0 Å². The molecule has 0 saturated heterocycles. The number of hydrogen-bond acceptors (Lipinski definition) is 4. The van der Waals surface area contributed by atoms with Gasteiger partial charge in [-0.3, -0.25) is 4.98 Å². The van der Waals surface area contributed by atoms with Gasteiger partial charge < -0.3 is 15.6 Å². The number of aromatic nitrogens is 3. The van der Waals surface area contributed by atoms with E-state index in [0.717, 1.165) is 28.1 Å². The number of nitrogens with one attached hydrogen (secondary N) is 3. The maximum absolute atomic E-state index is 13.4. The van der Waals surface area contributed by atoms with Gasteiger partial charge in [0.1, 0.15) is 11.6 Å². The van der Waals surface area contributed by atoms with Crippen LogP contribution in [0.25, 0.3) is 10.9 Å². The second kappa shape index (κ2) is 7.01. The fourth-order valence-electron chi connectivity index (χ4n) is 2.68. The molecule has 2 heterocycles. The summed E-state index contributed by atoms with van der Waals surface area (Å²) in [6.45, 7) is 0.592. The summed E-state index contributed by atoms with van der Waals surface area (Å²) in [5.41, 5.74) is 3.37. The van der Waals surface area contributed by atoms with E-state index in [1.165, 1.54) is 6.07 Å². The first kappa shape index (κ1) is 16.4. The molecule has 0 radical (unpaired) electrons. The zero-order valence-electron chi connectivity index (χ0n) is 13.6. The summed E-state index contributed by atoms with van der Waals surface area (Å²) in [5, 5.41) is 7.62. The van der Waals surface area contributed by atoms with E-state index in [9.17, 15) is 4.39 Å². The van der Waals surface area contributed by atoms with Gasteiger partial charge in [0.25, 0.3) is 0 Å². The molecule has 0 aliphatic carbocycles. The molecule has 7 heteroatoms. The minimum absolute atomic E-state index is 0.0779. The Kier molecular flexibility index (Phi) is 4.41. The molecule has 0 atom stereocenters. The third-order valence-corrected chi connectivity index (χ3v) is 4.24. The number of anilines is 3. The highest BCUT2D eigenvalue weighted by atomic mass is 35.5. The summed E-state index contributed by atoms with van der Waals surface area (Å²) < 4.78 is 13.4. The van der Waals surface area contributed by atoms with Crippen LogP contribution in [-0.4, -0.2) is 15.0 Å². The predicted octanol–water partition coefficient (Wildman–Crippen LogP) is 5.11. The van der Waals surface area contributed by atoms with Crippen LogP contribution in [0.2, 0.25) is 5.02 Å². The van der Waals surface area contributed by atoms with Gasteiger partial charge in [0, 0.05) is 41.0 Å². The Labute approximate surface area is 154 Å². The van der Waals surface area contributed by atoms with Crippen molar-refractivity contribution in [1.82, 2.24) is 15.0 Å². The van der Waals surface area contributed by atoms with Gasteiger partial charge in [-0.05, 0) is 42.5 Å². The van der Waals surface area contributed by atoms with Crippen LogP contribution >= 0.6 is 11.6 Å². The standard InChI is InChI=1S/C19H15ClFN5/c20-15-10-13(1-3-16(15)21)26-18-5-6-22-17-4-2-12(9-14(17)18)25-11-19-23-7-8-24-19/h1-10,25H,11H2,(H,22,26)(H,23,24). The zero-order chi connectivity index (χ0) is 17.9. The van der Waals surface area contributed by atoms with Crippen LogP contribution in [0.4, 0.5) is 21.5 Å². The van der Waals surface area contributed by atoms with Gasteiger partial charge in [-0.2, -0.15) is 0 Å². The first-order valence-corrected chi connectivity index (χ1v) is 8.40. The van der Waals surface area contributed by atoms with Crippen LogP contribution in [0.5, 0.6) is 0 Å². The average Bonchev–Trinajstić information content (AvgIpc) is 3.17. The molecule has 4 aromatic rings. The van der Waals surface area contributed by atoms with E-state index in [-0.39, 0.29) is 5.02 Å². The van der Waals surface area contributed by atoms with Gasteiger partial charge in [0.05, 0.1) is 17.1 Å². The van der Waals surface area contributed by atoms with Crippen LogP contribution in [-0.2, 0) is 6.54 Å². The molecule has 0 fully saturated rings. The smallest absolute Gasteiger partial charge is 0.141 e. The summed E-state index contributed by atoms with van der Waals surface area (Å²) in [6.07, 6.45) is 5.24. The lowest BCUT2D eigenvalue weighted by Crippen LogP contribution is -2.01. The molecule has 26 heavy (non-hydrogen) atoms. The van der Waals surface area contributed by atoms with E-state index in [2.05, 4.69) is 25.6 Å². The molecule has 0 saturated carbocycles. The molecule has 0 aliphatic rings. The van der Waals surface area contributed by atoms with Crippen molar-refractivity contribution in [1.29, 1.82) is 0 Å². The number of benzene rings is 2. The van der Waals surface area contributed by atoms with Gasteiger partial charge in [-0.25, -0.2) is 9.37 Å². The van der Waals surface area contributed by atoms with Gasteiger partial charge in [0.15, 0.2) is 0 Å². The fraction of sp³-hybridized carbons (Fsp3) is 0.0526. The van der Waals surface area contributed by atoms with Crippen LogP contribution in [0.15, 0.2) is 61.1 Å². The SMILES string of the molecule is Fc1ccc(Nc2ccnc3ccc(NCc4ncc[nH]4)cc23)cc1Cl. The molecule has 0 amide bonds. The number of pyridine rings is 1. The Balaban J connectivity index is 1.63. The fourth-order valence-corrected chi connectivity index (χ4v) is 2.86. The Morgan fingerprint density at radius 3 is 2.69 bits per heavy atom. The molecule has 3 N–H and O–H groups in total. The minimum atomic E-state index is -0.443. The number of hydrogen-bond donors (Lipinski definition) is 3. The summed E-state index contributed by atoms with van der Waals surface area (Å²) >= 11 is 5.87.